The zero-order valence-corrected chi connectivity index (χ0v) is 13.4. The van der Waals surface area contributed by atoms with Crippen LogP contribution in [0.3, 0.4) is 0 Å². The molecule has 0 aliphatic rings. The highest BCUT2D eigenvalue weighted by molar-refractivity contribution is 7.91. The fourth-order valence-electron chi connectivity index (χ4n) is 1.91. The lowest BCUT2D eigenvalue weighted by Crippen LogP contribution is -2.26. The van der Waals surface area contributed by atoms with Gasteiger partial charge in [-0.05, 0) is 43.8 Å². The van der Waals surface area contributed by atoms with Gasteiger partial charge in [0, 0.05) is 17.5 Å². The van der Waals surface area contributed by atoms with Crippen LogP contribution >= 0.6 is 11.3 Å². The van der Waals surface area contributed by atoms with E-state index >= 15 is 0 Å². The molecule has 0 fully saturated rings. The van der Waals surface area contributed by atoms with Crippen LogP contribution in [0.25, 0.3) is 0 Å². The van der Waals surface area contributed by atoms with Gasteiger partial charge in [0.15, 0.2) is 0 Å². The molecule has 0 aliphatic carbocycles. The molecule has 1 atom stereocenters. The fraction of sp³-hybridized carbons (Fsp3) is 0.286. The van der Waals surface area contributed by atoms with Gasteiger partial charge in [-0.3, -0.25) is 0 Å². The predicted octanol–water partition coefficient (Wildman–Crippen LogP) is 2.65. The molecular formula is C14H17FN2O2S2. The first-order chi connectivity index (χ1) is 9.92. The summed E-state index contributed by atoms with van der Waals surface area (Å²) in [6, 6.07) is 8.77. The average Bonchev–Trinajstić information content (AvgIpc) is 2.88. The first-order valence-corrected chi connectivity index (χ1v) is 8.73. The highest BCUT2D eigenvalue weighted by Gasteiger charge is 2.20. The molecule has 0 bridgehead atoms. The number of sulfonamides is 1. The van der Waals surface area contributed by atoms with Gasteiger partial charge in [0.2, 0.25) is 0 Å². The Morgan fingerprint density at radius 3 is 2.71 bits per heavy atom. The van der Waals surface area contributed by atoms with Gasteiger partial charge in [-0.15, -0.1) is 11.3 Å². The van der Waals surface area contributed by atoms with Crippen LogP contribution in [0.2, 0.25) is 0 Å². The van der Waals surface area contributed by atoms with E-state index in [1.807, 2.05) is 0 Å². The molecule has 1 unspecified atom stereocenters. The topological polar surface area (TPSA) is 58.2 Å². The van der Waals surface area contributed by atoms with Crippen LogP contribution in [0.1, 0.15) is 23.4 Å². The van der Waals surface area contributed by atoms with Gasteiger partial charge in [0.1, 0.15) is 10.0 Å². The van der Waals surface area contributed by atoms with Crippen LogP contribution in [0.4, 0.5) is 4.39 Å². The van der Waals surface area contributed by atoms with Crippen LogP contribution in [0, 0.1) is 5.82 Å². The number of hydrogen-bond donors (Lipinski definition) is 2. The smallest absolute Gasteiger partial charge is 0.250 e. The summed E-state index contributed by atoms with van der Waals surface area (Å²) >= 11 is 1.22. The van der Waals surface area contributed by atoms with E-state index in [0.717, 1.165) is 4.88 Å². The monoisotopic (exact) mass is 328 g/mol. The second kappa shape index (κ2) is 6.65. The van der Waals surface area contributed by atoms with E-state index in [4.69, 9.17) is 0 Å². The largest absolute Gasteiger partial charge is 0.315 e. The average molecular weight is 328 g/mol. The molecule has 0 saturated carbocycles. The molecule has 0 aliphatic heterocycles. The summed E-state index contributed by atoms with van der Waals surface area (Å²) in [6.45, 7) is 2.31. The third-order valence-corrected chi connectivity index (χ3v) is 6.05. The Morgan fingerprint density at radius 2 is 2.05 bits per heavy atom. The van der Waals surface area contributed by atoms with Crippen molar-refractivity contribution in [3.63, 3.8) is 0 Å². The normalized spacial score (nSPS) is 13.3. The predicted molar refractivity (Wildman–Crippen MR) is 82.2 cm³/mol. The first-order valence-electron chi connectivity index (χ1n) is 6.43. The Labute approximate surface area is 128 Å². The number of nitrogens with one attached hydrogen (secondary N) is 2. The highest BCUT2D eigenvalue weighted by Crippen LogP contribution is 2.24. The molecule has 0 spiro atoms. The van der Waals surface area contributed by atoms with Crippen LogP contribution in [0.15, 0.2) is 40.6 Å². The third kappa shape index (κ3) is 4.10. The summed E-state index contributed by atoms with van der Waals surface area (Å²) in [5.74, 6) is -0.383. The summed E-state index contributed by atoms with van der Waals surface area (Å²) in [5.41, 5.74) is 0.588. The van der Waals surface area contributed by atoms with Crippen molar-refractivity contribution < 1.29 is 12.8 Å². The highest BCUT2D eigenvalue weighted by atomic mass is 32.2. The Bertz CT molecular complexity index is 713. The van der Waals surface area contributed by atoms with Gasteiger partial charge in [0.25, 0.3) is 10.0 Å². The van der Waals surface area contributed by atoms with Gasteiger partial charge < -0.3 is 5.32 Å². The molecule has 114 valence electrons. The fourth-order valence-corrected chi connectivity index (χ4v) is 4.52. The SMILES string of the molecule is CNCc1ccc(S(=O)(=O)NC(C)c2cccc(F)c2)s1. The maximum absolute atomic E-state index is 13.2. The van der Waals surface area contributed by atoms with E-state index in [0.29, 0.717) is 12.1 Å². The summed E-state index contributed by atoms with van der Waals surface area (Å²) in [5, 5.41) is 2.98. The summed E-state index contributed by atoms with van der Waals surface area (Å²) in [7, 11) is -1.80. The molecule has 0 saturated heterocycles. The minimum Gasteiger partial charge on any atom is -0.315 e. The van der Waals surface area contributed by atoms with Crippen molar-refractivity contribution in [1.29, 1.82) is 0 Å². The molecule has 2 aromatic rings. The van der Waals surface area contributed by atoms with Crippen molar-refractivity contribution in [2.45, 2.75) is 23.7 Å². The van der Waals surface area contributed by atoms with Gasteiger partial charge in [-0.2, -0.15) is 0 Å². The third-order valence-electron chi connectivity index (χ3n) is 2.93. The zero-order valence-electron chi connectivity index (χ0n) is 11.8. The molecule has 0 radical (unpaired) electrons. The van der Waals surface area contributed by atoms with Crippen LogP contribution in [-0.4, -0.2) is 15.5 Å². The van der Waals surface area contributed by atoms with Gasteiger partial charge in [-0.25, -0.2) is 17.5 Å². The quantitative estimate of drug-likeness (QED) is 0.857. The molecule has 2 rings (SSSR count). The lowest BCUT2D eigenvalue weighted by Gasteiger charge is -2.13. The van der Waals surface area contributed by atoms with E-state index in [-0.39, 0.29) is 10.0 Å². The molecule has 1 aromatic heterocycles. The van der Waals surface area contributed by atoms with Crippen molar-refractivity contribution in [2.24, 2.45) is 0 Å². The van der Waals surface area contributed by atoms with Crippen molar-refractivity contribution in [3.8, 4) is 0 Å². The van der Waals surface area contributed by atoms with Crippen LogP contribution < -0.4 is 10.0 Å². The minimum atomic E-state index is -3.60. The maximum atomic E-state index is 13.2. The Morgan fingerprint density at radius 1 is 1.29 bits per heavy atom. The van der Waals surface area contributed by atoms with E-state index in [1.165, 1.54) is 23.5 Å². The Balaban J connectivity index is 2.16. The molecule has 21 heavy (non-hydrogen) atoms. The molecule has 1 heterocycles. The van der Waals surface area contributed by atoms with E-state index in [1.54, 1.807) is 38.2 Å². The van der Waals surface area contributed by atoms with Gasteiger partial charge in [0.05, 0.1) is 0 Å². The lowest BCUT2D eigenvalue weighted by molar-refractivity contribution is 0.566. The Hall–Kier alpha value is -1.28. The second-order valence-electron chi connectivity index (χ2n) is 4.65. The number of benzene rings is 1. The molecule has 2 N–H and O–H groups in total. The van der Waals surface area contributed by atoms with E-state index < -0.39 is 16.1 Å². The number of halogens is 1. The molecule has 1 aromatic carbocycles. The standard InChI is InChI=1S/C14H17FN2O2S2/c1-10(11-4-3-5-12(15)8-11)17-21(18,19)14-7-6-13(20-14)9-16-2/h3-8,10,16-17H,9H2,1-2H3. The summed E-state index contributed by atoms with van der Waals surface area (Å²) < 4.78 is 40.6. The zero-order chi connectivity index (χ0) is 15.5. The molecule has 0 amide bonds. The molecule has 4 nitrogen and oxygen atoms in total. The molecule has 7 heteroatoms. The van der Waals surface area contributed by atoms with Crippen molar-refractivity contribution in [3.05, 3.63) is 52.7 Å². The van der Waals surface area contributed by atoms with Crippen molar-refractivity contribution >= 4 is 21.4 Å². The molecular weight excluding hydrogens is 311 g/mol. The number of hydrogen-bond acceptors (Lipinski definition) is 4. The Kier molecular flexibility index (Phi) is 5.10. The number of thiophene rings is 1. The van der Waals surface area contributed by atoms with Gasteiger partial charge in [-0.1, -0.05) is 12.1 Å². The maximum Gasteiger partial charge on any atom is 0.250 e. The van der Waals surface area contributed by atoms with E-state index in [2.05, 4.69) is 10.0 Å². The first kappa shape index (κ1) is 16.1. The van der Waals surface area contributed by atoms with Gasteiger partial charge >= 0.3 is 0 Å². The van der Waals surface area contributed by atoms with Crippen molar-refractivity contribution in [1.82, 2.24) is 10.0 Å². The van der Waals surface area contributed by atoms with Crippen molar-refractivity contribution in [2.75, 3.05) is 7.05 Å². The minimum absolute atomic E-state index is 0.260. The summed E-state index contributed by atoms with van der Waals surface area (Å²) in [6.07, 6.45) is 0. The summed E-state index contributed by atoms with van der Waals surface area (Å²) in [4.78, 5) is 0.941. The van der Waals surface area contributed by atoms with Crippen LogP contribution in [0.5, 0.6) is 0 Å². The lowest BCUT2D eigenvalue weighted by atomic mass is 10.1. The van der Waals surface area contributed by atoms with Crippen LogP contribution in [-0.2, 0) is 16.6 Å². The number of rotatable bonds is 6. The van der Waals surface area contributed by atoms with E-state index in [9.17, 15) is 12.8 Å². The second-order valence-corrected chi connectivity index (χ2v) is 7.76.